The average molecular weight is 412 g/mol. The van der Waals surface area contributed by atoms with Crippen molar-refractivity contribution in [2.45, 2.75) is 83.7 Å². The number of rotatable bonds is 3. The normalized spacial score (nSPS) is 31.0. The highest BCUT2D eigenvalue weighted by Crippen LogP contribution is 2.60. The van der Waals surface area contributed by atoms with E-state index in [4.69, 9.17) is 0 Å². The highest BCUT2D eigenvalue weighted by atomic mass is 19.4. The van der Waals surface area contributed by atoms with Gasteiger partial charge >= 0.3 is 12.4 Å². The second-order valence-corrected chi connectivity index (χ2v) is 9.13. The molecule has 0 aromatic rings. The maximum absolute atomic E-state index is 13.0. The molecule has 0 heterocycles. The van der Waals surface area contributed by atoms with E-state index < -0.39 is 29.8 Å². The number of ketones is 1. The molecule has 8 heteroatoms. The second kappa shape index (κ2) is 7.23. The SMILES string of the molecule is CC(C)(CC#CC(O)(CC(F)(F)F)C(F)(F)F)C1CC[C@H]2C(=O)CCCC12C. The molecule has 3 unspecified atom stereocenters. The van der Waals surface area contributed by atoms with Crippen molar-refractivity contribution in [2.75, 3.05) is 0 Å². The second-order valence-electron chi connectivity index (χ2n) is 9.13. The fourth-order valence-corrected chi connectivity index (χ4v) is 5.26. The van der Waals surface area contributed by atoms with Gasteiger partial charge in [0.2, 0.25) is 5.60 Å². The molecule has 2 fully saturated rings. The summed E-state index contributed by atoms with van der Waals surface area (Å²) in [5.41, 5.74) is -4.99. The van der Waals surface area contributed by atoms with E-state index in [1.54, 1.807) is 0 Å². The molecule has 2 aliphatic carbocycles. The van der Waals surface area contributed by atoms with Crippen LogP contribution in [0.25, 0.3) is 0 Å². The van der Waals surface area contributed by atoms with Crippen molar-refractivity contribution in [3.8, 4) is 11.8 Å². The van der Waals surface area contributed by atoms with E-state index in [-0.39, 0.29) is 29.5 Å². The van der Waals surface area contributed by atoms with Crippen LogP contribution in [-0.2, 0) is 4.79 Å². The topological polar surface area (TPSA) is 37.3 Å². The first kappa shape index (κ1) is 23.1. The number of carbonyl (C=O) groups is 1. The number of hydrogen-bond donors (Lipinski definition) is 1. The highest BCUT2D eigenvalue weighted by molar-refractivity contribution is 5.83. The molecule has 2 nitrogen and oxygen atoms in total. The van der Waals surface area contributed by atoms with Crippen LogP contribution in [0.3, 0.4) is 0 Å². The van der Waals surface area contributed by atoms with E-state index in [1.165, 1.54) is 5.92 Å². The Morgan fingerprint density at radius 2 is 1.75 bits per heavy atom. The van der Waals surface area contributed by atoms with Gasteiger partial charge in [-0.05, 0) is 42.4 Å². The Morgan fingerprint density at radius 1 is 1.14 bits per heavy atom. The van der Waals surface area contributed by atoms with E-state index in [0.29, 0.717) is 6.42 Å². The number of hydrogen-bond acceptors (Lipinski definition) is 2. The predicted octanol–water partition coefficient (Wildman–Crippen LogP) is 5.44. The van der Waals surface area contributed by atoms with Gasteiger partial charge in [0.25, 0.3) is 0 Å². The van der Waals surface area contributed by atoms with Gasteiger partial charge in [-0.25, -0.2) is 0 Å². The van der Waals surface area contributed by atoms with Gasteiger partial charge < -0.3 is 5.11 Å². The number of halogens is 6. The van der Waals surface area contributed by atoms with E-state index in [1.807, 2.05) is 20.8 Å². The van der Waals surface area contributed by atoms with Crippen LogP contribution in [0.2, 0.25) is 0 Å². The van der Waals surface area contributed by atoms with Gasteiger partial charge in [0.05, 0.1) is 6.42 Å². The molecule has 28 heavy (non-hydrogen) atoms. The molecule has 0 amide bonds. The van der Waals surface area contributed by atoms with E-state index in [2.05, 4.69) is 5.92 Å². The molecule has 0 bridgehead atoms. The first-order valence-corrected chi connectivity index (χ1v) is 9.40. The van der Waals surface area contributed by atoms with Crippen molar-refractivity contribution in [2.24, 2.45) is 22.7 Å². The molecule has 2 aliphatic rings. The molecule has 0 spiro atoms. The Labute approximate surface area is 161 Å². The van der Waals surface area contributed by atoms with Crippen molar-refractivity contribution in [3.05, 3.63) is 0 Å². The Bertz CT molecular complexity index is 669. The minimum absolute atomic E-state index is 0.0187. The van der Waals surface area contributed by atoms with Gasteiger partial charge in [-0.2, -0.15) is 26.3 Å². The van der Waals surface area contributed by atoms with Crippen LogP contribution in [0.15, 0.2) is 0 Å². The van der Waals surface area contributed by atoms with Crippen molar-refractivity contribution >= 4 is 5.78 Å². The van der Waals surface area contributed by atoms with Gasteiger partial charge in [-0.15, -0.1) is 0 Å². The minimum atomic E-state index is -5.51. The van der Waals surface area contributed by atoms with Gasteiger partial charge in [0.15, 0.2) is 0 Å². The minimum Gasteiger partial charge on any atom is -0.369 e. The van der Waals surface area contributed by atoms with Crippen LogP contribution in [0.4, 0.5) is 26.3 Å². The summed E-state index contributed by atoms with van der Waals surface area (Å²) in [5.74, 6) is 3.81. The molecule has 160 valence electrons. The lowest BCUT2D eigenvalue weighted by Gasteiger charge is -2.46. The maximum atomic E-state index is 13.0. The molecular formula is C20H26F6O2. The molecule has 0 radical (unpaired) electrons. The number of carbonyl (C=O) groups excluding carboxylic acids is 1. The van der Waals surface area contributed by atoms with Crippen molar-refractivity contribution in [3.63, 3.8) is 0 Å². The maximum Gasteiger partial charge on any atom is 0.429 e. The lowest BCUT2D eigenvalue weighted by atomic mass is 9.58. The molecule has 0 saturated heterocycles. The highest BCUT2D eigenvalue weighted by Gasteiger charge is 2.59. The summed E-state index contributed by atoms with van der Waals surface area (Å²) in [6, 6.07) is 0. The summed E-state index contributed by atoms with van der Waals surface area (Å²) in [7, 11) is 0. The van der Waals surface area contributed by atoms with Crippen molar-refractivity contribution in [1.29, 1.82) is 0 Å². The first-order chi connectivity index (χ1) is 12.5. The fourth-order valence-electron chi connectivity index (χ4n) is 5.26. The van der Waals surface area contributed by atoms with Gasteiger partial charge in [-0.1, -0.05) is 32.6 Å². The molecular weight excluding hydrogens is 386 g/mol. The van der Waals surface area contributed by atoms with E-state index in [0.717, 1.165) is 25.7 Å². The average Bonchev–Trinajstić information content (AvgIpc) is 2.83. The van der Waals surface area contributed by atoms with E-state index >= 15 is 0 Å². The van der Waals surface area contributed by atoms with E-state index in [9.17, 15) is 36.2 Å². The van der Waals surface area contributed by atoms with Gasteiger partial charge in [-0.3, -0.25) is 4.79 Å². The quantitative estimate of drug-likeness (QED) is 0.495. The number of Topliss-reactive ketones (excluding diaryl/α,β-unsaturated/α-hetero) is 1. The molecule has 1 N–H and O–H groups in total. The Hall–Kier alpha value is -1.23. The lowest BCUT2D eigenvalue weighted by Crippen LogP contribution is -2.47. The zero-order valence-corrected chi connectivity index (χ0v) is 16.2. The largest absolute Gasteiger partial charge is 0.429 e. The summed E-state index contributed by atoms with van der Waals surface area (Å²) in [5, 5.41) is 9.56. The van der Waals surface area contributed by atoms with Crippen LogP contribution < -0.4 is 0 Å². The summed E-state index contributed by atoms with van der Waals surface area (Å²) in [4.78, 5) is 12.2. The summed E-state index contributed by atoms with van der Waals surface area (Å²) in [6.07, 6.45) is -9.68. The van der Waals surface area contributed by atoms with Crippen LogP contribution >= 0.6 is 0 Å². The molecule has 0 aromatic carbocycles. The zero-order valence-electron chi connectivity index (χ0n) is 16.2. The summed E-state index contributed by atoms with van der Waals surface area (Å²) < 4.78 is 76.5. The number of alkyl halides is 6. The molecule has 2 saturated carbocycles. The lowest BCUT2D eigenvalue weighted by molar-refractivity contribution is -0.271. The number of aliphatic hydroxyl groups is 1. The predicted molar refractivity (Wildman–Crippen MR) is 91.0 cm³/mol. The van der Waals surface area contributed by atoms with Crippen LogP contribution in [-0.4, -0.2) is 28.8 Å². The molecule has 4 atom stereocenters. The molecule has 0 aromatic heterocycles. The zero-order chi connectivity index (χ0) is 21.6. The Morgan fingerprint density at radius 3 is 2.29 bits per heavy atom. The van der Waals surface area contributed by atoms with Gasteiger partial charge in [0.1, 0.15) is 5.78 Å². The van der Waals surface area contributed by atoms with Crippen LogP contribution in [0, 0.1) is 34.5 Å². The third kappa shape index (κ3) is 4.50. The van der Waals surface area contributed by atoms with Gasteiger partial charge in [0, 0.05) is 18.8 Å². The Kier molecular flexibility index (Phi) is 5.95. The third-order valence-corrected chi connectivity index (χ3v) is 6.57. The fraction of sp³-hybridized carbons (Fsp3) is 0.850. The van der Waals surface area contributed by atoms with Crippen LogP contribution in [0.5, 0.6) is 0 Å². The Balaban J connectivity index is 2.22. The standard InChI is InChI=1S/C20H26F6O2/c1-16(2,15-8-7-13-14(27)6-4-10-17(13,15)3)9-5-11-18(28,20(24,25)26)12-19(21,22)23/h13,15,28H,4,6-10,12H2,1-3H3/t13-,15?,17?,18?/m0/s1. The van der Waals surface area contributed by atoms with Crippen molar-refractivity contribution in [1.82, 2.24) is 0 Å². The molecule has 2 rings (SSSR count). The smallest absolute Gasteiger partial charge is 0.369 e. The summed E-state index contributed by atoms with van der Waals surface area (Å²) >= 11 is 0. The number of fused-ring (bicyclic) bond motifs is 1. The summed E-state index contributed by atoms with van der Waals surface area (Å²) in [6.45, 7) is 5.65. The molecule has 0 aliphatic heterocycles. The van der Waals surface area contributed by atoms with Crippen molar-refractivity contribution < 1.29 is 36.2 Å². The third-order valence-electron chi connectivity index (χ3n) is 6.57. The first-order valence-electron chi connectivity index (χ1n) is 9.40. The van der Waals surface area contributed by atoms with Crippen LogP contribution in [0.1, 0.15) is 65.7 Å². The monoisotopic (exact) mass is 412 g/mol.